The summed E-state index contributed by atoms with van der Waals surface area (Å²) in [5.41, 5.74) is 4.50. The van der Waals surface area contributed by atoms with Gasteiger partial charge in [0.2, 0.25) is 0 Å². The van der Waals surface area contributed by atoms with Crippen molar-refractivity contribution in [2.45, 2.75) is 20.5 Å². The van der Waals surface area contributed by atoms with E-state index in [1.54, 1.807) is 23.1 Å². The zero-order valence-corrected chi connectivity index (χ0v) is 19.9. The highest BCUT2D eigenvalue weighted by atomic mass is 35.5. The molecule has 0 spiro atoms. The van der Waals surface area contributed by atoms with Crippen LogP contribution in [0.1, 0.15) is 38.8 Å². The summed E-state index contributed by atoms with van der Waals surface area (Å²) in [6.45, 7) is 4.95. The normalized spacial score (nSPS) is 13.8. The van der Waals surface area contributed by atoms with Crippen molar-refractivity contribution in [2.24, 2.45) is 0 Å². The first kappa shape index (κ1) is 23.9. The molecule has 1 amide bonds. The van der Waals surface area contributed by atoms with Crippen molar-refractivity contribution in [3.8, 4) is 11.1 Å². The Bertz CT molecular complexity index is 1250. The van der Waals surface area contributed by atoms with Gasteiger partial charge in [-0.2, -0.15) is 0 Å². The molecule has 5 nitrogen and oxygen atoms in total. The van der Waals surface area contributed by atoms with Crippen LogP contribution in [0.5, 0.6) is 0 Å². The molecule has 4 rings (SSSR count). The Kier molecular flexibility index (Phi) is 7.00. The third-order valence-electron chi connectivity index (χ3n) is 6.23. The highest BCUT2D eigenvalue weighted by Gasteiger charge is 2.26. The number of nitrogens with zero attached hydrogens (tertiary/aromatic N) is 2. The fourth-order valence-corrected chi connectivity index (χ4v) is 4.35. The number of carbonyl (C=O) groups excluding carboxylic acids is 2. The minimum atomic E-state index is -0.441. The molecule has 1 fully saturated rings. The lowest BCUT2D eigenvalue weighted by Crippen LogP contribution is -2.49. The molecule has 3 aromatic carbocycles. The van der Waals surface area contributed by atoms with E-state index in [9.17, 15) is 19.1 Å². The number of aryl methyl sites for hydroxylation is 1. The molecule has 1 saturated heterocycles. The van der Waals surface area contributed by atoms with Crippen LogP contribution in [0.3, 0.4) is 0 Å². The summed E-state index contributed by atoms with van der Waals surface area (Å²) < 4.78 is 14.6. The molecule has 1 N–H and O–H groups in total. The summed E-state index contributed by atoms with van der Waals surface area (Å²) in [6, 6.07) is 15.5. The number of amides is 1. The molecule has 0 aliphatic carbocycles. The third-order valence-corrected chi connectivity index (χ3v) is 6.65. The van der Waals surface area contributed by atoms with Gasteiger partial charge in [-0.15, -0.1) is 0 Å². The molecule has 7 heteroatoms. The van der Waals surface area contributed by atoms with Crippen LogP contribution in [0.2, 0.25) is 5.02 Å². The van der Waals surface area contributed by atoms with Gasteiger partial charge >= 0.3 is 0 Å². The number of rotatable bonds is 5. The number of benzene rings is 3. The molecule has 3 aromatic rings. The van der Waals surface area contributed by atoms with Gasteiger partial charge in [-0.1, -0.05) is 29.8 Å². The fourth-order valence-electron chi connectivity index (χ4n) is 4.23. The number of carbonyl (C=O) groups is 2. The molecule has 0 unspecified atom stereocenters. The predicted molar refractivity (Wildman–Crippen MR) is 132 cm³/mol. The first-order valence-electron chi connectivity index (χ1n) is 11.1. The summed E-state index contributed by atoms with van der Waals surface area (Å²) in [7, 11) is 0. The quantitative estimate of drug-likeness (QED) is 0.515. The molecular weight excluding hydrogens is 455 g/mol. The summed E-state index contributed by atoms with van der Waals surface area (Å²) in [4.78, 5) is 28.7. The van der Waals surface area contributed by atoms with Crippen molar-refractivity contribution in [1.29, 1.82) is 0 Å². The first-order chi connectivity index (χ1) is 16.3. The maximum absolute atomic E-state index is 14.6. The Morgan fingerprint density at radius 1 is 1.00 bits per heavy atom. The number of hydrogen-bond acceptors (Lipinski definition) is 4. The van der Waals surface area contributed by atoms with E-state index in [-0.39, 0.29) is 18.3 Å². The van der Waals surface area contributed by atoms with Crippen molar-refractivity contribution in [3.63, 3.8) is 0 Å². The highest BCUT2D eigenvalue weighted by Crippen LogP contribution is 2.30. The Morgan fingerprint density at radius 3 is 2.35 bits per heavy atom. The number of hydrogen-bond donors (Lipinski definition) is 1. The molecule has 0 aromatic heterocycles. The largest absolute Gasteiger partial charge is 0.392 e. The number of ketones is 1. The lowest BCUT2D eigenvalue weighted by atomic mass is 9.95. The smallest absolute Gasteiger partial charge is 0.254 e. The Balaban J connectivity index is 1.56. The van der Waals surface area contributed by atoms with Gasteiger partial charge in [0.05, 0.1) is 12.3 Å². The van der Waals surface area contributed by atoms with E-state index in [0.717, 1.165) is 16.7 Å². The molecule has 34 heavy (non-hydrogen) atoms. The third kappa shape index (κ3) is 4.83. The zero-order valence-electron chi connectivity index (χ0n) is 19.1. The molecule has 176 valence electrons. The Hall–Kier alpha value is -3.22. The van der Waals surface area contributed by atoms with Crippen molar-refractivity contribution in [2.75, 3.05) is 31.1 Å². The average molecular weight is 481 g/mol. The van der Waals surface area contributed by atoms with Crippen LogP contribution in [-0.4, -0.2) is 47.9 Å². The summed E-state index contributed by atoms with van der Waals surface area (Å²) >= 11 is 6.18. The monoisotopic (exact) mass is 480 g/mol. The van der Waals surface area contributed by atoms with Crippen LogP contribution < -0.4 is 4.90 Å². The maximum atomic E-state index is 14.6. The molecule has 0 atom stereocenters. The molecule has 1 aliphatic rings. The molecule has 1 heterocycles. The lowest BCUT2D eigenvalue weighted by molar-refractivity contribution is 0.0747. The Morgan fingerprint density at radius 2 is 1.74 bits per heavy atom. The highest BCUT2D eigenvalue weighted by molar-refractivity contribution is 6.31. The van der Waals surface area contributed by atoms with Gasteiger partial charge in [-0.05, 0) is 72.5 Å². The zero-order chi connectivity index (χ0) is 24.4. The Labute approximate surface area is 203 Å². The molecule has 0 bridgehead atoms. The number of halogens is 2. The SMILES string of the molecule is CC(=O)c1ccc(N2CCN(C(=O)c3cc(CO)ccc3-c3ccc(Cl)c(C)c3)CC2)c(F)c1. The maximum Gasteiger partial charge on any atom is 0.254 e. The van der Waals surface area contributed by atoms with Crippen molar-refractivity contribution in [1.82, 2.24) is 4.90 Å². The first-order valence-corrected chi connectivity index (χ1v) is 11.5. The van der Waals surface area contributed by atoms with Gasteiger partial charge < -0.3 is 14.9 Å². The van der Waals surface area contributed by atoms with E-state index in [1.807, 2.05) is 42.2 Å². The van der Waals surface area contributed by atoms with Crippen LogP contribution in [-0.2, 0) is 6.61 Å². The number of anilines is 1. The number of aliphatic hydroxyl groups is 1. The summed E-state index contributed by atoms with van der Waals surface area (Å²) in [5, 5.41) is 10.3. The average Bonchev–Trinajstić information content (AvgIpc) is 2.85. The number of Topliss-reactive ketones (excluding diaryl/α,β-unsaturated/α-hetero) is 1. The van der Waals surface area contributed by atoms with Crippen LogP contribution >= 0.6 is 11.6 Å². The van der Waals surface area contributed by atoms with Gasteiger partial charge in [0, 0.05) is 42.3 Å². The molecule has 0 saturated carbocycles. The van der Waals surface area contributed by atoms with Crippen molar-refractivity contribution < 1.29 is 19.1 Å². The molecule has 0 radical (unpaired) electrons. The van der Waals surface area contributed by atoms with E-state index in [1.165, 1.54) is 13.0 Å². The van der Waals surface area contributed by atoms with E-state index in [0.29, 0.717) is 53.6 Å². The standard InChI is InChI=1S/C27H26ClFN2O3/c1-17-13-21(4-7-24(17)28)22-6-3-19(16-32)14-23(22)27(34)31-11-9-30(10-12-31)26-8-5-20(18(2)33)15-25(26)29/h3-8,13-15,32H,9-12,16H2,1-2H3. The number of aliphatic hydroxyl groups excluding tert-OH is 1. The van der Waals surface area contributed by atoms with Gasteiger partial charge in [0.15, 0.2) is 5.78 Å². The summed E-state index contributed by atoms with van der Waals surface area (Å²) in [6.07, 6.45) is 0. The van der Waals surface area contributed by atoms with E-state index < -0.39 is 5.82 Å². The van der Waals surface area contributed by atoms with Crippen LogP contribution in [0.4, 0.5) is 10.1 Å². The second kappa shape index (κ2) is 9.95. The second-order valence-corrected chi connectivity index (χ2v) is 8.91. The van der Waals surface area contributed by atoms with E-state index in [4.69, 9.17) is 11.6 Å². The second-order valence-electron chi connectivity index (χ2n) is 8.50. The van der Waals surface area contributed by atoms with E-state index in [2.05, 4.69) is 0 Å². The van der Waals surface area contributed by atoms with Gasteiger partial charge in [0.1, 0.15) is 5.82 Å². The fraction of sp³-hybridized carbons (Fsp3) is 0.259. The molecular formula is C27H26ClFN2O3. The van der Waals surface area contributed by atoms with Gasteiger partial charge in [-0.25, -0.2) is 4.39 Å². The van der Waals surface area contributed by atoms with Crippen LogP contribution in [0, 0.1) is 12.7 Å². The summed E-state index contributed by atoms with van der Waals surface area (Å²) in [5.74, 6) is -0.758. The van der Waals surface area contributed by atoms with Crippen molar-refractivity contribution >= 4 is 29.0 Å². The lowest BCUT2D eigenvalue weighted by Gasteiger charge is -2.36. The molecule has 1 aliphatic heterocycles. The van der Waals surface area contributed by atoms with Gasteiger partial charge in [0.25, 0.3) is 5.91 Å². The van der Waals surface area contributed by atoms with Crippen LogP contribution in [0.15, 0.2) is 54.6 Å². The van der Waals surface area contributed by atoms with Gasteiger partial charge in [-0.3, -0.25) is 9.59 Å². The van der Waals surface area contributed by atoms with Crippen LogP contribution in [0.25, 0.3) is 11.1 Å². The van der Waals surface area contributed by atoms with Crippen molar-refractivity contribution in [3.05, 3.63) is 87.7 Å². The number of piperazine rings is 1. The minimum Gasteiger partial charge on any atom is -0.392 e. The predicted octanol–water partition coefficient (Wildman–Crippen LogP) is 5.11. The topological polar surface area (TPSA) is 60.9 Å². The minimum absolute atomic E-state index is 0.134. The van der Waals surface area contributed by atoms with E-state index >= 15 is 0 Å².